The first-order valence-electron chi connectivity index (χ1n) is 7.55. The van der Waals surface area contributed by atoms with Gasteiger partial charge in [-0.3, -0.25) is 14.4 Å². The van der Waals surface area contributed by atoms with Crippen molar-refractivity contribution in [3.8, 4) is 5.75 Å². The summed E-state index contributed by atoms with van der Waals surface area (Å²) in [6, 6.07) is 7.23. The van der Waals surface area contributed by atoms with Crippen LogP contribution in [0.5, 0.6) is 5.75 Å². The van der Waals surface area contributed by atoms with Crippen molar-refractivity contribution in [1.29, 1.82) is 0 Å². The van der Waals surface area contributed by atoms with Gasteiger partial charge in [0.2, 0.25) is 11.8 Å². The molecule has 1 aromatic carbocycles. The molecule has 23 heavy (non-hydrogen) atoms. The number of carbonyl (C=O) groups excluding carboxylic acids is 3. The van der Waals surface area contributed by atoms with E-state index in [1.165, 1.54) is 4.90 Å². The van der Waals surface area contributed by atoms with E-state index < -0.39 is 0 Å². The van der Waals surface area contributed by atoms with Gasteiger partial charge >= 0.3 is 0 Å². The lowest BCUT2D eigenvalue weighted by Crippen LogP contribution is -2.43. The molecule has 2 N–H and O–H groups in total. The predicted molar refractivity (Wildman–Crippen MR) is 85.2 cm³/mol. The number of nitrogens with zero attached hydrogens (tertiary/aromatic N) is 1. The third-order valence-corrected chi connectivity index (χ3v) is 3.27. The number of anilines is 1. The van der Waals surface area contributed by atoms with Crippen molar-refractivity contribution < 1.29 is 19.1 Å². The van der Waals surface area contributed by atoms with E-state index in [0.717, 1.165) is 0 Å². The highest BCUT2D eigenvalue weighted by atomic mass is 16.5. The molecule has 1 aliphatic rings. The first-order chi connectivity index (χ1) is 11.0. The summed E-state index contributed by atoms with van der Waals surface area (Å²) >= 11 is 0. The van der Waals surface area contributed by atoms with Crippen LogP contribution in [0.3, 0.4) is 0 Å². The normalized spacial score (nSPS) is 13.3. The number of rotatable bonds is 6. The highest BCUT2D eigenvalue weighted by Gasteiger charge is 2.25. The molecule has 1 heterocycles. The summed E-state index contributed by atoms with van der Waals surface area (Å²) in [5, 5.41) is 5.23. The van der Waals surface area contributed by atoms with Crippen LogP contribution in [-0.2, 0) is 14.4 Å². The van der Waals surface area contributed by atoms with Crippen LogP contribution >= 0.6 is 0 Å². The summed E-state index contributed by atoms with van der Waals surface area (Å²) < 4.78 is 5.34. The summed E-state index contributed by atoms with van der Waals surface area (Å²) in [5.41, 5.74) is 0.661. The fourth-order valence-corrected chi connectivity index (χ4v) is 2.25. The lowest BCUT2D eigenvalue weighted by Gasteiger charge is -2.29. The van der Waals surface area contributed by atoms with Crippen LogP contribution < -0.4 is 20.3 Å². The number of nitrogens with one attached hydrogen (secondary N) is 2. The van der Waals surface area contributed by atoms with E-state index in [-0.39, 0.29) is 49.9 Å². The largest absolute Gasteiger partial charge is 0.482 e. The zero-order chi connectivity index (χ0) is 16.8. The van der Waals surface area contributed by atoms with Crippen LogP contribution in [0.25, 0.3) is 0 Å². The maximum Gasteiger partial charge on any atom is 0.265 e. The number of para-hydroxylation sites is 2. The molecule has 0 radical (unpaired) electrons. The van der Waals surface area contributed by atoms with E-state index >= 15 is 0 Å². The van der Waals surface area contributed by atoms with Crippen molar-refractivity contribution >= 4 is 23.4 Å². The first kappa shape index (κ1) is 16.8. The van der Waals surface area contributed by atoms with Crippen LogP contribution in [0, 0.1) is 0 Å². The second kappa shape index (κ2) is 7.62. The van der Waals surface area contributed by atoms with E-state index in [0.29, 0.717) is 11.4 Å². The fraction of sp³-hybridized carbons (Fsp3) is 0.438. The van der Waals surface area contributed by atoms with Crippen LogP contribution in [0.1, 0.15) is 20.3 Å². The quantitative estimate of drug-likeness (QED) is 0.796. The molecule has 1 aliphatic heterocycles. The number of benzene rings is 1. The summed E-state index contributed by atoms with van der Waals surface area (Å²) in [6.45, 7) is 3.85. The number of hydrogen-bond donors (Lipinski definition) is 2. The molecule has 3 amide bonds. The smallest absolute Gasteiger partial charge is 0.265 e. The maximum absolute atomic E-state index is 12.0. The Kier molecular flexibility index (Phi) is 5.56. The molecular formula is C16H21N3O4. The second-order valence-electron chi connectivity index (χ2n) is 5.55. The van der Waals surface area contributed by atoms with Crippen molar-refractivity contribution in [2.45, 2.75) is 26.3 Å². The number of amides is 3. The molecule has 0 bridgehead atoms. The zero-order valence-corrected chi connectivity index (χ0v) is 13.3. The van der Waals surface area contributed by atoms with Crippen LogP contribution in [0.2, 0.25) is 0 Å². The van der Waals surface area contributed by atoms with Crippen molar-refractivity contribution in [2.24, 2.45) is 0 Å². The first-order valence-corrected chi connectivity index (χ1v) is 7.55. The van der Waals surface area contributed by atoms with Gasteiger partial charge in [-0.25, -0.2) is 0 Å². The summed E-state index contributed by atoms with van der Waals surface area (Å²) in [4.78, 5) is 36.8. The lowest BCUT2D eigenvalue weighted by molar-refractivity contribution is -0.126. The Labute approximate surface area is 135 Å². The van der Waals surface area contributed by atoms with E-state index in [2.05, 4.69) is 10.6 Å². The maximum atomic E-state index is 12.0. The van der Waals surface area contributed by atoms with E-state index in [9.17, 15) is 14.4 Å². The van der Waals surface area contributed by atoms with Gasteiger partial charge < -0.3 is 20.3 Å². The van der Waals surface area contributed by atoms with Crippen molar-refractivity contribution in [1.82, 2.24) is 10.6 Å². The third-order valence-electron chi connectivity index (χ3n) is 3.27. The van der Waals surface area contributed by atoms with Crippen LogP contribution in [0.4, 0.5) is 5.69 Å². The topological polar surface area (TPSA) is 87.7 Å². The molecule has 1 aromatic rings. The lowest BCUT2D eigenvalue weighted by atomic mass is 10.2. The number of carbonyl (C=O) groups is 3. The molecule has 0 aliphatic carbocycles. The third kappa shape index (κ3) is 4.70. The van der Waals surface area contributed by atoms with Crippen LogP contribution in [0.15, 0.2) is 24.3 Å². The summed E-state index contributed by atoms with van der Waals surface area (Å²) in [7, 11) is 0. The summed E-state index contributed by atoms with van der Waals surface area (Å²) in [6.07, 6.45) is 0.120. The van der Waals surface area contributed by atoms with Crippen molar-refractivity contribution in [3.63, 3.8) is 0 Å². The molecule has 0 unspecified atom stereocenters. The molecule has 7 heteroatoms. The standard InChI is InChI=1S/C16H21N3O4/c1-11(2)18-15(21)9-17-14(20)7-8-19-12-5-3-4-6-13(12)23-10-16(19)22/h3-6,11H,7-10H2,1-2H3,(H,17,20)(H,18,21). The molecule has 7 nitrogen and oxygen atoms in total. The second-order valence-corrected chi connectivity index (χ2v) is 5.55. The van der Waals surface area contributed by atoms with Crippen molar-refractivity contribution in [3.05, 3.63) is 24.3 Å². The number of hydrogen-bond acceptors (Lipinski definition) is 4. The van der Waals surface area contributed by atoms with Gasteiger partial charge in [0.25, 0.3) is 5.91 Å². The molecule has 0 spiro atoms. The zero-order valence-electron chi connectivity index (χ0n) is 13.3. The molecule has 0 atom stereocenters. The Bertz CT molecular complexity index is 601. The monoisotopic (exact) mass is 319 g/mol. The Morgan fingerprint density at radius 2 is 2.00 bits per heavy atom. The van der Waals surface area contributed by atoms with Gasteiger partial charge in [-0.2, -0.15) is 0 Å². The molecule has 2 rings (SSSR count). The highest BCUT2D eigenvalue weighted by molar-refractivity contribution is 5.98. The van der Waals surface area contributed by atoms with Gasteiger partial charge in [0.1, 0.15) is 5.75 Å². The number of ether oxygens (including phenoxy) is 1. The van der Waals surface area contributed by atoms with Gasteiger partial charge in [-0.05, 0) is 26.0 Å². The Morgan fingerprint density at radius 1 is 1.26 bits per heavy atom. The Morgan fingerprint density at radius 3 is 2.74 bits per heavy atom. The minimum Gasteiger partial charge on any atom is -0.482 e. The Balaban J connectivity index is 1.84. The van der Waals surface area contributed by atoms with Crippen LogP contribution in [-0.4, -0.2) is 43.5 Å². The molecule has 124 valence electrons. The molecule has 0 saturated heterocycles. The molecular weight excluding hydrogens is 298 g/mol. The van der Waals surface area contributed by atoms with Gasteiger partial charge in [-0.15, -0.1) is 0 Å². The predicted octanol–water partition coefficient (Wildman–Crippen LogP) is 0.443. The van der Waals surface area contributed by atoms with E-state index in [1.807, 2.05) is 26.0 Å². The van der Waals surface area contributed by atoms with Gasteiger partial charge in [0.05, 0.1) is 12.2 Å². The Hall–Kier alpha value is -2.57. The SMILES string of the molecule is CC(C)NC(=O)CNC(=O)CCN1C(=O)COc2ccccc21. The van der Waals surface area contributed by atoms with Gasteiger partial charge in [-0.1, -0.05) is 12.1 Å². The highest BCUT2D eigenvalue weighted by Crippen LogP contribution is 2.31. The van der Waals surface area contributed by atoms with Gasteiger partial charge in [0.15, 0.2) is 6.61 Å². The average Bonchev–Trinajstić information content (AvgIpc) is 2.51. The minimum absolute atomic E-state index is 0.0295. The minimum atomic E-state index is -0.277. The van der Waals surface area contributed by atoms with Crippen molar-refractivity contribution in [2.75, 3.05) is 24.6 Å². The number of fused-ring (bicyclic) bond motifs is 1. The molecule has 0 saturated carbocycles. The fourth-order valence-electron chi connectivity index (χ4n) is 2.25. The molecule has 0 aromatic heterocycles. The average molecular weight is 319 g/mol. The van der Waals surface area contributed by atoms with E-state index in [4.69, 9.17) is 4.74 Å². The summed E-state index contributed by atoms with van der Waals surface area (Å²) in [5.74, 6) is -0.0697. The van der Waals surface area contributed by atoms with Gasteiger partial charge in [0, 0.05) is 19.0 Å². The molecule has 0 fully saturated rings. The van der Waals surface area contributed by atoms with E-state index in [1.54, 1.807) is 12.1 Å².